The van der Waals surface area contributed by atoms with Gasteiger partial charge in [-0.05, 0) is 18.1 Å². The number of halogens is 2. The molecule has 1 aromatic rings. The lowest BCUT2D eigenvalue weighted by molar-refractivity contribution is 0.914. The summed E-state index contributed by atoms with van der Waals surface area (Å²) in [6.07, 6.45) is 6.07. The van der Waals surface area contributed by atoms with E-state index in [0.717, 1.165) is 6.42 Å². The molecule has 0 saturated carbocycles. The van der Waals surface area contributed by atoms with Crippen molar-refractivity contribution in [1.82, 2.24) is 11.1 Å². The minimum Gasteiger partial charge on any atom is -0.344 e. The standard InChI is InChI=1S/C8H11N.2ClH.H3N/c1-2-4-8-5-3-6-9-7-8;;;/h3,5-7H,2,4H2,1H3;2*1H;1H3. The van der Waals surface area contributed by atoms with E-state index in [2.05, 4.69) is 18.0 Å². The van der Waals surface area contributed by atoms with Crippen molar-refractivity contribution in [2.45, 2.75) is 19.8 Å². The lowest BCUT2D eigenvalue weighted by Crippen LogP contribution is -1.81. The Labute approximate surface area is 86.2 Å². The topological polar surface area (TPSA) is 47.9 Å². The molecule has 0 fully saturated rings. The number of rotatable bonds is 2. The zero-order valence-corrected chi connectivity index (χ0v) is 8.83. The summed E-state index contributed by atoms with van der Waals surface area (Å²) in [5, 5.41) is 0. The van der Waals surface area contributed by atoms with Crippen LogP contribution in [0.3, 0.4) is 0 Å². The summed E-state index contributed by atoms with van der Waals surface area (Å²) < 4.78 is 0. The second kappa shape index (κ2) is 10.7. The number of pyridine rings is 1. The maximum atomic E-state index is 4.00. The zero-order chi connectivity index (χ0) is 6.53. The third kappa shape index (κ3) is 6.40. The molecule has 4 heteroatoms. The second-order valence-electron chi connectivity index (χ2n) is 2.11. The Hall–Kier alpha value is -0.310. The molecular formula is C8H16Cl2N2. The number of hydrogen-bond donors (Lipinski definition) is 1. The van der Waals surface area contributed by atoms with Crippen molar-refractivity contribution >= 4 is 24.8 Å². The molecule has 0 saturated heterocycles. The summed E-state index contributed by atoms with van der Waals surface area (Å²) in [6, 6.07) is 4.08. The van der Waals surface area contributed by atoms with Crippen LogP contribution in [0.5, 0.6) is 0 Å². The maximum absolute atomic E-state index is 4.00. The molecule has 0 aliphatic carbocycles. The van der Waals surface area contributed by atoms with Gasteiger partial charge < -0.3 is 6.15 Å². The monoisotopic (exact) mass is 210 g/mol. The maximum Gasteiger partial charge on any atom is 0.0299 e. The van der Waals surface area contributed by atoms with Gasteiger partial charge in [0.25, 0.3) is 0 Å². The summed E-state index contributed by atoms with van der Waals surface area (Å²) in [6.45, 7) is 2.17. The highest BCUT2D eigenvalue weighted by Crippen LogP contribution is 1.98. The lowest BCUT2D eigenvalue weighted by Gasteiger charge is -1.92. The molecule has 1 rings (SSSR count). The van der Waals surface area contributed by atoms with Crippen LogP contribution in [-0.4, -0.2) is 4.98 Å². The van der Waals surface area contributed by atoms with Crippen LogP contribution in [-0.2, 0) is 6.42 Å². The van der Waals surface area contributed by atoms with Gasteiger partial charge in [-0.1, -0.05) is 19.4 Å². The summed E-state index contributed by atoms with van der Waals surface area (Å²) in [5.74, 6) is 0. The molecular weight excluding hydrogens is 195 g/mol. The largest absolute Gasteiger partial charge is 0.344 e. The van der Waals surface area contributed by atoms with Gasteiger partial charge in [-0.3, -0.25) is 4.98 Å². The Morgan fingerprint density at radius 2 is 2.00 bits per heavy atom. The van der Waals surface area contributed by atoms with Crippen LogP contribution < -0.4 is 6.15 Å². The van der Waals surface area contributed by atoms with Crippen LogP contribution >= 0.6 is 24.8 Å². The van der Waals surface area contributed by atoms with Crippen LogP contribution in [0.4, 0.5) is 0 Å². The molecule has 1 aromatic heterocycles. The molecule has 0 aliphatic rings. The van der Waals surface area contributed by atoms with E-state index in [1.165, 1.54) is 12.0 Å². The van der Waals surface area contributed by atoms with Gasteiger partial charge in [0.15, 0.2) is 0 Å². The van der Waals surface area contributed by atoms with E-state index >= 15 is 0 Å². The molecule has 0 aliphatic heterocycles. The summed E-state index contributed by atoms with van der Waals surface area (Å²) >= 11 is 0. The predicted octanol–water partition coefficient (Wildman–Crippen LogP) is 3.04. The third-order valence-corrected chi connectivity index (χ3v) is 1.26. The Bertz CT molecular complexity index is 168. The Balaban J connectivity index is -0.000000270. The highest BCUT2D eigenvalue weighted by Gasteiger charge is 1.85. The number of hydrogen-bond acceptors (Lipinski definition) is 2. The lowest BCUT2D eigenvalue weighted by atomic mass is 10.2. The highest BCUT2D eigenvalue weighted by molar-refractivity contribution is 5.85. The van der Waals surface area contributed by atoms with Gasteiger partial charge in [-0.2, -0.15) is 0 Å². The quantitative estimate of drug-likeness (QED) is 0.817. The van der Waals surface area contributed by atoms with Gasteiger partial charge in [0.1, 0.15) is 0 Å². The number of aromatic nitrogens is 1. The first-order valence-electron chi connectivity index (χ1n) is 3.32. The molecule has 0 radical (unpaired) electrons. The predicted molar refractivity (Wildman–Crippen MR) is 57.8 cm³/mol. The molecule has 0 aromatic carbocycles. The third-order valence-electron chi connectivity index (χ3n) is 1.26. The van der Waals surface area contributed by atoms with E-state index in [9.17, 15) is 0 Å². The van der Waals surface area contributed by atoms with Gasteiger partial charge in [-0.15, -0.1) is 24.8 Å². The van der Waals surface area contributed by atoms with E-state index in [-0.39, 0.29) is 31.0 Å². The first kappa shape index (κ1) is 17.7. The smallest absolute Gasteiger partial charge is 0.0299 e. The van der Waals surface area contributed by atoms with Crippen LogP contribution in [0.15, 0.2) is 24.5 Å². The summed E-state index contributed by atoms with van der Waals surface area (Å²) in [4.78, 5) is 4.00. The van der Waals surface area contributed by atoms with E-state index in [4.69, 9.17) is 0 Å². The fourth-order valence-corrected chi connectivity index (χ4v) is 0.835. The van der Waals surface area contributed by atoms with E-state index in [0.29, 0.717) is 0 Å². The zero-order valence-electron chi connectivity index (χ0n) is 7.19. The second-order valence-corrected chi connectivity index (χ2v) is 2.11. The van der Waals surface area contributed by atoms with Crippen LogP contribution in [0.2, 0.25) is 0 Å². The van der Waals surface area contributed by atoms with Crippen molar-refractivity contribution in [3.8, 4) is 0 Å². The van der Waals surface area contributed by atoms with Crippen LogP contribution in [0.1, 0.15) is 18.9 Å². The number of aryl methyl sites for hydroxylation is 1. The average Bonchev–Trinajstić information content (AvgIpc) is 1.91. The van der Waals surface area contributed by atoms with Crippen molar-refractivity contribution in [2.24, 2.45) is 0 Å². The molecule has 0 bridgehead atoms. The molecule has 72 valence electrons. The minimum absolute atomic E-state index is 0. The van der Waals surface area contributed by atoms with Gasteiger partial charge in [0.2, 0.25) is 0 Å². The van der Waals surface area contributed by atoms with Gasteiger partial charge in [0, 0.05) is 12.4 Å². The van der Waals surface area contributed by atoms with Gasteiger partial charge in [-0.25, -0.2) is 0 Å². The Morgan fingerprint density at radius 3 is 2.42 bits per heavy atom. The normalized spacial score (nSPS) is 7.08. The van der Waals surface area contributed by atoms with E-state index < -0.39 is 0 Å². The SMILES string of the molecule is CCCc1cccnc1.Cl.Cl.N. The number of nitrogens with zero attached hydrogens (tertiary/aromatic N) is 1. The fraction of sp³-hybridized carbons (Fsp3) is 0.375. The summed E-state index contributed by atoms with van der Waals surface area (Å²) in [5.41, 5.74) is 1.33. The molecule has 1 heterocycles. The highest BCUT2D eigenvalue weighted by atomic mass is 35.5. The van der Waals surface area contributed by atoms with Gasteiger partial charge >= 0.3 is 0 Å². The molecule has 12 heavy (non-hydrogen) atoms. The first-order chi connectivity index (χ1) is 4.43. The molecule has 0 spiro atoms. The van der Waals surface area contributed by atoms with Gasteiger partial charge in [0.05, 0.1) is 0 Å². The molecule has 0 atom stereocenters. The first-order valence-corrected chi connectivity index (χ1v) is 3.32. The molecule has 0 amide bonds. The van der Waals surface area contributed by atoms with E-state index in [1.54, 1.807) is 6.20 Å². The van der Waals surface area contributed by atoms with Crippen molar-refractivity contribution < 1.29 is 0 Å². The van der Waals surface area contributed by atoms with Crippen molar-refractivity contribution in [3.63, 3.8) is 0 Å². The Kier molecular flexibility index (Phi) is 15.8. The van der Waals surface area contributed by atoms with Crippen molar-refractivity contribution in [2.75, 3.05) is 0 Å². The van der Waals surface area contributed by atoms with Crippen LogP contribution in [0.25, 0.3) is 0 Å². The summed E-state index contributed by atoms with van der Waals surface area (Å²) in [7, 11) is 0. The van der Waals surface area contributed by atoms with Crippen LogP contribution in [0, 0.1) is 0 Å². The minimum atomic E-state index is 0. The van der Waals surface area contributed by atoms with E-state index in [1.807, 2.05) is 12.3 Å². The average molecular weight is 211 g/mol. The molecule has 3 N–H and O–H groups in total. The Morgan fingerprint density at radius 1 is 1.33 bits per heavy atom. The molecule has 2 nitrogen and oxygen atoms in total. The van der Waals surface area contributed by atoms with Crippen molar-refractivity contribution in [3.05, 3.63) is 30.1 Å². The van der Waals surface area contributed by atoms with Crippen molar-refractivity contribution in [1.29, 1.82) is 0 Å². The molecule has 0 unspecified atom stereocenters. The fourth-order valence-electron chi connectivity index (χ4n) is 0.835.